The predicted octanol–water partition coefficient (Wildman–Crippen LogP) is 2.95. The van der Waals surface area contributed by atoms with Gasteiger partial charge in [-0.1, -0.05) is 18.2 Å². The largest absolute Gasteiger partial charge is 0.423 e. The molecule has 0 fully saturated rings. The van der Waals surface area contributed by atoms with E-state index in [-0.39, 0.29) is 0 Å². The van der Waals surface area contributed by atoms with Crippen molar-refractivity contribution in [1.82, 2.24) is 10.2 Å². The van der Waals surface area contributed by atoms with Gasteiger partial charge in [0.1, 0.15) is 0 Å². The van der Waals surface area contributed by atoms with Gasteiger partial charge >= 0.3 is 0 Å². The first kappa shape index (κ1) is 7.70. The summed E-state index contributed by atoms with van der Waals surface area (Å²) in [4.78, 5) is 0. The average Bonchev–Trinajstić information content (AvgIpc) is 2.85. The predicted molar refractivity (Wildman–Crippen MR) is 55.1 cm³/mol. The summed E-state index contributed by atoms with van der Waals surface area (Å²) in [5.74, 6) is 0.586. The molecule has 1 aromatic carbocycles. The first-order valence-electron chi connectivity index (χ1n) is 4.18. The fraction of sp³-hybridized carbons (Fsp3) is 0. The maximum atomic E-state index is 5.17. The Morgan fingerprint density at radius 1 is 1.21 bits per heavy atom. The Morgan fingerprint density at radius 3 is 3.00 bits per heavy atom. The van der Waals surface area contributed by atoms with Gasteiger partial charge in [0.2, 0.25) is 12.3 Å². The van der Waals surface area contributed by atoms with Gasteiger partial charge in [0, 0.05) is 15.5 Å². The third-order valence-corrected chi connectivity index (χ3v) is 3.03. The molecule has 4 heteroatoms. The average molecular weight is 202 g/mol. The summed E-state index contributed by atoms with van der Waals surface area (Å²) < 4.78 is 6.41. The van der Waals surface area contributed by atoms with Crippen LogP contribution in [0.1, 0.15) is 0 Å². The van der Waals surface area contributed by atoms with Crippen LogP contribution in [0.2, 0.25) is 0 Å². The molecule has 0 aliphatic rings. The Kier molecular flexibility index (Phi) is 1.61. The summed E-state index contributed by atoms with van der Waals surface area (Å²) in [7, 11) is 0. The summed E-state index contributed by atoms with van der Waals surface area (Å²) in [6.07, 6.45) is 1.35. The molecule has 0 aliphatic carbocycles. The molecule has 3 aromatic rings. The van der Waals surface area contributed by atoms with Gasteiger partial charge in [0.15, 0.2) is 0 Å². The summed E-state index contributed by atoms with van der Waals surface area (Å²) in [6, 6.07) is 8.18. The molecule has 0 spiro atoms. The normalized spacial score (nSPS) is 10.9. The highest BCUT2D eigenvalue weighted by molar-refractivity contribution is 7.17. The first-order chi connectivity index (χ1) is 6.95. The number of fused-ring (bicyclic) bond motifs is 1. The number of hydrogen-bond donors (Lipinski definition) is 0. The topological polar surface area (TPSA) is 38.9 Å². The van der Waals surface area contributed by atoms with Gasteiger partial charge in [-0.25, -0.2) is 0 Å². The Balaban J connectivity index is 2.33. The van der Waals surface area contributed by atoms with Crippen LogP contribution in [0.25, 0.3) is 21.5 Å². The van der Waals surface area contributed by atoms with Crippen LogP contribution in [0.5, 0.6) is 0 Å². The number of hydrogen-bond acceptors (Lipinski definition) is 4. The van der Waals surface area contributed by atoms with E-state index < -0.39 is 0 Å². The van der Waals surface area contributed by atoms with Crippen LogP contribution in [-0.2, 0) is 0 Å². The highest BCUT2D eigenvalue weighted by Gasteiger charge is 2.09. The second-order valence-electron chi connectivity index (χ2n) is 2.89. The minimum Gasteiger partial charge on any atom is -0.423 e. The zero-order chi connectivity index (χ0) is 9.38. The summed E-state index contributed by atoms with van der Waals surface area (Å²) in [5, 5.41) is 10.8. The molecule has 68 valence electrons. The number of aromatic nitrogens is 2. The van der Waals surface area contributed by atoms with E-state index in [0.717, 1.165) is 5.56 Å². The lowest BCUT2D eigenvalue weighted by molar-refractivity contribution is 0.569. The first-order valence-corrected chi connectivity index (χ1v) is 5.06. The zero-order valence-corrected chi connectivity index (χ0v) is 7.99. The van der Waals surface area contributed by atoms with Gasteiger partial charge in [-0.3, -0.25) is 0 Å². The Bertz CT molecular complexity index is 556. The number of benzene rings is 1. The minimum absolute atomic E-state index is 0.586. The third kappa shape index (κ3) is 1.04. The lowest BCUT2D eigenvalue weighted by Gasteiger charge is -1.90. The third-order valence-electron chi connectivity index (χ3n) is 2.07. The van der Waals surface area contributed by atoms with E-state index in [2.05, 4.69) is 22.3 Å². The molecule has 0 bridgehead atoms. The maximum Gasteiger partial charge on any atom is 0.248 e. The van der Waals surface area contributed by atoms with Crippen molar-refractivity contribution in [3.63, 3.8) is 0 Å². The second kappa shape index (κ2) is 2.92. The summed E-state index contributed by atoms with van der Waals surface area (Å²) >= 11 is 1.68. The second-order valence-corrected chi connectivity index (χ2v) is 3.80. The van der Waals surface area contributed by atoms with Gasteiger partial charge < -0.3 is 4.42 Å². The fourth-order valence-corrected chi connectivity index (χ4v) is 2.37. The Labute approximate surface area is 84.0 Å². The molecule has 3 nitrogen and oxygen atoms in total. The van der Waals surface area contributed by atoms with E-state index in [4.69, 9.17) is 4.42 Å². The number of nitrogens with zero attached hydrogens (tertiary/aromatic N) is 2. The smallest absolute Gasteiger partial charge is 0.248 e. The van der Waals surface area contributed by atoms with Gasteiger partial charge in [-0.2, -0.15) is 0 Å². The van der Waals surface area contributed by atoms with Crippen LogP contribution >= 0.6 is 11.3 Å². The molecule has 0 unspecified atom stereocenters. The standard InChI is InChI=1S/C10H6N2OS/c1-2-4-9-7(3-1)8(5-14-9)10-12-11-6-13-10/h1-6H. The highest BCUT2D eigenvalue weighted by atomic mass is 32.1. The van der Waals surface area contributed by atoms with Crippen LogP contribution < -0.4 is 0 Å². The van der Waals surface area contributed by atoms with Gasteiger partial charge in [0.05, 0.1) is 5.56 Å². The highest BCUT2D eigenvalue weighted by Crippen LogP contribution is 2.32. The number of thiophene rings is 1. The Hall–Kier alpha value is -1.68. The van der Waals surface area contributed by atoms with Gasteiger partial charge in [-0.05, 0) is 6.07 Å². The van der Waals surface area contributed by atoms with Crippen LogP contribution in [0.4, 0.5) is 0 Å². The lowest BCUT2D eigenvalue weighted by Crippen LogP contribution is -1.74. The van der Waals surface area contributed by atoms with Crippen LogP contribution in [-0.4, -0.2) is 10.2 Å². The molecule has 2 heterocycles. The summed E-state index contributed by atoms with van der Waals surface area (Å²) in [5.41, 5.74) is 1.02. The van der Waals surface area contributed by atoms with Crippen LogP contribution in [0.15, 0.2) is 40.5 Å². The lowest BCUT2D eigenvalue weighted by atomic mass is 10.2. The van der Waals surface area contributed by atoms with Crippen LogP contribution in [0, 0.1) is 0 Å². The maximum absolute atomic E-state index is 5.17. The Morgan fingerprint density at radius 2 is 2.14 bits per heavy atom. The monoisotopic (exact) mass is 202 g/mol. The molecular formula is C10H6N2OS. The SMILES string of the molecule is c1ccc2c(-c3nnco3)csc2c1. The van der Waals surface area contributed by atoms with Crippen LogP contribution in [0.3, 0.4) is 0 Å². The molecule has 2 aromatic heterocycles. The quantitative estimate of drug-likeness (QED) is 0.609. The van der Waals surface area contributed by atoms with E-state index in [0.29, 0.717) is 5.89 Å². The van der Waals surface area contributed by atoms with Gasteiger partial charge in [-0.15, -0.1) is 21.5 Å². The van der Waals surface area contributed by atoms with Crippen molar-refractivity contribution in [2.45, 2.75) is 0 Å². The molecule has 0 aliphatic heterocycles. The molecule has 0 saturated heterocycles. The molecular weight excluding hydrogens is 196 g/mol. The van der Waals surface area contributed by atoms with Crippen molar-refractivity contribution < 1.29 is 4.42 Å². The molecule has 14 heavy (non-hydrogen) atoms. The van der Waals surface area contributed by atoms with Crippen molar-refractivity contribution >= 4 is 21.4 Å². The molecule has 0 radical (unpaired) electrons. The molecule has 0 atom stereocenters. The van der Waals surface area contributed by atoms with Gasteiger partial charge in [0.25, 0.3) is 0 Å². The minimum atomic E-state index is 0.586. The van der Waals surface area contributed by atoms with Crippen molar-refractivity contribution in [1.29, 1.82) is 0 Å². The fourth-order valence-electron chi connectivity index (χ4n) is 1.43. The zero-order valence-electron chi connectivity index (χ0n) is 7.18. The molecule has 0 N–H and O–H groups in total. The summed E-state index contributed by atoms with van der Waals surface area (Å²) in [6.45, 7) is 0. The van der Waals surface area contributed by atoms with E-state index in [1.54, 1.807) is 11.3 Å². The van der Waals surface area contributed by atoms with Crippen molar-refractivity contribution in [2.24, 2.45) is 0 Å². The molecule has 0 amide bonds. The van der Waals surface area contributed by atoms with E-state index in [1.807, 2.05) is 17.5 Å². The number of rotatable bonds is 1. The van der Waals surface area contributed by atoms with E-state index in [1.165, 1.54) is 16.5 Å². The van der Waals surface area contributed by atoms with E-state index in [9.17, 15) is 0 Å². The van der Waals surface area contributed by atoms with E-state index >= 15 is 0 Å². The molecule has 3 rings (SSSR count). The van der Waals surface area contributed by atoms with Crippen molar-refractivity contribution in [2.75, 3.05) is 0 Å². The van der Waals surface area contributed by atoms with Crippen molar-refractivity contribution in [3.8, 4) is 11.5 Å². The molecule has 0 saturated carbocycles. The van der Waals surface area contributed by atoms with Crippen molar-refractivity contribution in [3.05, 3.63) is 36.0 Å².